The Morgan fingerprint density at radius 2 is 1.68 bits per heavy atom. The smallest absolute Gasteiger partial charge is 0.128 e. The molecule has 0 bridgehead atoms. The first-order valence-corrected chi connectivity index (χ1v) is 7.51. The lowest BCUT2D eigenvalue weighted by atomic mass is 10.1. The van der Waals surface area contributed by atoms with Crippen molar-refractivity contribution in [3.05, 3.63) is 56.5 Å². The third-order valence-electron chi connectivity index (χ3n) is 2.81. The van der Waals surface area contributed by atoms with Gasteiger partial charge < -0.3 is 4.74 Å². The zero-order valence-corrected chi connectivity index (χ0v) is 13.7. The van der Waals surface area contributed by atoms with E-state index in [0.29, 0.717) is 5.88 Å². The summed E-state index contributed by atoms with van der Waals surface area (Å²) in [7, 11) is 0. The number of aryl methyl sites for hydroxylation is 2. The molecule has 0 aliphatic carbocycles. The van der Waals surface area contributed by atoms with Crippen LogP contribution in [0.25, 0.3) is 0 Å². The molecular weight excluding hydrogens is 347 g/mol. The lowest BCUT2D eigenvalue weighted by molar-refractivity contribution is 0.481. The van der Waals surface area contributed by atoms with Gasteiger partial charge in [-0.15, -0.1) is 11.6 Å². The van der Waals surface area contributed by atoms with E-state index in [2.05, 4.69) is 15.9 Å². The Morgan fingerprint density at radius 1 is 1.05 bits per heavy atom. The number of hydrogen-bond donors (Lipinski definition) is 0. The third-order valence-corrected chi connectivity index (χ3v) is 4.44. The van der Waals surface area contributed by atoms with Crippen LogP contribution in [0.5, 0.6) is 11.5 Å². The molecule has 0 spiro atoms. The molecule has 0 unspecified atom stereocenters. The number of rotatable bonds is 3. The lowest BCUT2D eigenvalue weighted by Crippen LogP contribution is -1.89. The molecule has 0 amide bonds. The van der Waals surface area contributed by atoms with Crippen molar-refractivity contribution in [1.82, 2.24) is 0 Å². The van der Waals surface area contributed by atoms with Crippen LogP contribution in [-0.2, 0) is 5.88 Å². The van der Waals surface area contributed by atoms with E-state index in [4.69, 9.17) is 27.9 Å². The van der Waals surface area contributed by atoms with Gasteiger partial charge in [-0.3, -0.25) is 0 Å². The van der Waals surface area contributed by atoms with Gasteiger partial charge in [0.1, 0.15) is 11.5 Å². The Kier molecular flexibility index (Phi) is 4.77. The maximum Gasteiger partial charge on any atom is 0.128 e. The number of hydrogen-bond acceptors (Lipinski definition) is 1. The van der Waals surface area contributed by atoms with Crippen molar-refractivity contribution >= 4 is 39.1 Å². The van der Waals surface area contributed by atoms with Gasteiger partial charge in [-0.05, 0) is 54.8 Å². The van der Waals surface area contributed by atoms with Crippen molar-refractivity contribution in [2.24, 2.45) is 0 Å². The fraction of sp³-hybridized carbons (Fsp3) is 0.200. The highest BCUT2D eigenvalue weighted by molar-refractivity contribution is 9.10. The highest BCUT2D eigenvalue weighted by Crippen LogP contribution is 2.31. The van der Waals surface area contributed by atoms with Crippen LogP contribution in [0.15, 0.2) is 34.8 Å². The predicted molar refractivity (Wildman–Crippen MR) is 84.7 cm³/mol. The quantitative estimate of drug-likeness (QED) is 0.588. The molecule has 0 fully saturated rings. The Hall–Kier alpha value is -0.700. The van der Waals surface area contributed by atoms with Crippen molar-refractivity contribution < 1.29 is 4.74 Å². The first-order chi connectivity index (χ1) is 9.01. The standard InChI is InChI=1S/C15H13BrCl2O/c1-9-5-13(6-10(2)15(9)18)19-12-4-3-11(8-17)14(16)7-12/h3-7H,8H2,1-2H3. The van der Waals surface area contributed by atoms with E-state index in [1.807, 2.05) is 44.2 Å². The normalized spacial score (nSPS) is 10.6. The predicted octanol–water partition coefficient (Wildman–Crippen LogP) is 6.25. The van der Waals surface area contributed by atoms with E-state index in [1.54, 1.807) is 0 Å². The van der Waals surface area contributed by atoms with Crippen molar-refractivity contribution in [2.75, 3.05) is 0 Å². The number of halogens is 3. The van der Waals surface area contributed by atoms with Gasteiger partial charge in [-0.1, -0.05) is 33.6 Å². The maximum absolute atomic E-state index is 6.14. The molecule has 19 heavy (non-hydrogen) atoms. The van der Waals surface area contributed by atoms with Crippen LogP contribution in [0.4, 0.5) is 0 Å². The molecule has 0 aliphatic heterocycles. The number of benzene rings is 2. The van der Waals surface area contributed by atoms with Crippen LogP contribution in [0.3, 0.4) is 0 Å². The fourth-order valence-corrected chi connectivity index (χ4v) is 2.80. The van der Waals surface area contributed by atoms with Crippen molar-refractivity contribution in [1.29, 1.82) is 0 Å². The van der Waals surface area contributed by atoms with E-state index in [9.17, 15) is 0 Å². The Morgan fingerprint density at radius 3 is 2.21 bits per heavy atom. The summed E-state index contributed by atoms with van der Waals surface area (Å²) in [6.07, 6.45) is 0. The van der Waals surface area contributed by atoms with E-state index >= 15 is 0 Å². The lowest BCUT2D eigenvalue weighted by Gasteiger charge is -2.11. The first-order valence-electron chi connectivity index (χ1n) is 5.80. The summed E-state index contributed by atoms with van der Waals surface area (Å²) in [6, 6.07) is 9.62. The van der Waals surface area contributed by atoms with Gasteiger partial charge >= 0.3 is 0 Å². The summed E-state index contributed by atoms with van der Waals surface area (Å²) < 4.78 is 6.79. The Labute approximate surface area is 131 Å². The SMILES string of the molecule is Cc1cc(Oc2ccc(CCl)c(Br)c2)cc(C)c1Cl. The van der Waals surface area contributed by atoms with Crippen molar-refractivity contribution in [3.63, 3.8) is 0 Å². The minimum atomic E-state index is 0.472. The highest BCUT2D eigenvalue weighted by atomic mass is 79.9. The molecule has 0 N–H and O–H groups in total. The van der Waals surface area contributed by atoms with Gasteiger partial charge in [0.25, 0.3) is 0 Å². The molecule has 0 radical (unpaired) electrons. The summed E-state index contributed by atoms with van der Waals surface area (Å²) >= 11 is 15.4. The summed E-state index contributed by atoms with van der Waals surface area (Å²) in [5.41, 5.74) is 3.05. The largest absolute Gasteiger partial charge is 0.457 e. The summed E-state index contributed by atoms with van der Waals surface area (Å²) in [5, 5.41) is 0.783. The second-order valence-electron chi connectivity index (χ2n) is 4.36. The minimum absolute atomic E-state index is 0.472. The molecule has 0 atom stereocenters. The average Bonchev–Trinajstić information content (AvgIpc) is 2.36. The molecule has 100 valence electrons. The van der Waals surface area contributed by atoms with Crippen LogP contribution >= 0.6 is 39.1 Å². The van der Waals surface area contributed by atoms with E-state index in [-0.39, 0.29) is 0 Å². The van der Waals surface area contributed by atoms with E-state index < -0.39 is 0 Å². The van der Waals surface area contributed by atoms with E-state index in [1.165, 1.54) is 0 Å². The molecule has 0 saturated heterocycles. The summed E-state index contributed by atoms with van der Waals surface area (Å²) in [4.78, 5) is 0. The van der Waals surface area contributed by atoms with Gasteiger partial charge in [0.05, 0.1) is 0 Å². The molecule has 2 aromatic rings. The maximum atomic E-state index is 6.14. The molecule has 4 heteroatoms. The van der Waals surface area contributed by atoms with E-state index in [0.717, 1.165) is 37.7 Å². The average molecular weight is 360 g/mol. The van der Waals surface area contributed by atoms with Gasteiger partial charge in [-0.2, -0.15) is 0 Å². The van der Waals surface area contributed by atoms with Crippen LogP contribution in [-0.4, -0.2) is 0 Å². The summed E-state index contributed by atoms with van der Waals surface area (Å²) in [5.74, 6) is 2.02. The second kappa shape index (κ2) is 6.17. The van der Waals surface area contributed by atoms with Crippen molar-refractivity contribution in [3.8, 4) is 11.5 Å². The third kappa shape index (κ3) is 3.44. The second-order valence-corrected chi connectivity index (χ2v) is 5.86. The van der Waals surface area contributed by atoms with Gasteiger partial charge in [0.2, 0.25) is 0 Å². The molecule has 2 rings (SSSR count). The van der Waals surface area contributed by atoms with Gasteiger partial charge in [0, 0.05) is 15.4 Å². The van der Waals surface area contributed by atoms with Gasteiger partial charge in [0.15, 0.2) is 0 Å². The van der Waals surface area contributed by atoms with Crippen LogP contribution in [0, 0.1) is 13.8 Å². The molecule has 0 saturated carbocycles. The topological polar surface area (TPSA) is 9.23 Å². The molecule has 0 heterocycles. The van der Waals surface area contributed by atoms with Crippen LogP contribution < -0.4 is 4.74 Å². The zero-order chi connectivity index (χ0) is 14.0. The highest BCUT2D eigenvalue weighted by Gasteiger charge is 2.06. The van der Waals surface area contributed by atoms with Crippen LogP contribution in [0.2, 0.25) is 5.02 Å². The Balaban J connectivity index is 2.29. The number of ether oxygens (including phenoxy) is 1. The molecule has 1 nitrogen and oxygen atoms in total. The van der Waals surface area contributed by atoms with Crippen LogP contribution in [0.1, 0.15) is 16.7 Å². The van der Waals surface area contributed by atoms with Crippen molar-refractivity contribution in [2.45, 2.75) is 19.7 Å². The minimum Gasteiger partial charge on any atom is -0.457 e. The zero-order valence-electron chi connectivity index (χ0n) is 10.6. The molecule has 0 aliphatic rings. The molecule has 0 aromatic heterocycles. The fourth-order valence-electron chi connectivity index (χ4n) is 1.80. The molecular formula is C15H13BrCl2O. The monoisotopic (exact) mass is 358 g/mol. The number of alkyl halides is 1. The molecule has 2 aromatic carbocycles. The summed E-state index contributed by atoms with van der Waals surface area (Å²) in [6.45, 7) is 3.93. The first kappa shape index (κ1) is 14.7. The van der Waals surface area contributed by atoms with Gasteiger partial charge in [-0.25, -0.2) is 0 Å². The Bertz CT molecular complexity index is 588.